The number of nitrogens with zero attached hydrogens (tertiary/aromatic N) is 6. The number of aromatic nitrogens is 4. The molecular weight excluding hydrogens is 445 g/mol. The van der Waals surface area contributed by atoms with Crippen molar-refractivity contribution in [1.82, 2.24) is 24.1 Å². The topological polar surface area (TPSA) is 70.5 Å². The van der Waals surface area contributed by atoms with Gasteiger partial charge < -0.3 is 14.6 Å². The number of anilines is 2. The van der Waals surface area contributed by atoms with Crippen molar-refractivity contribution in [3.05, 3.63) is 53.9 Å². The lowest BCUT2D eigenvalue weighted by Gasteiger charge is -2.20. The van der Waals surface area contributed by atoms with Crippen molar-refractivity contribution in [3.63, 3.8) is 0 Å². The summed E-state index contributed by atoms with van der Waals surface area (Å²) >= 11 is 0. The number of imidazole rings is 1. The predicted octanol–water partition coefficient (Wildman–Crippen LogP) is 3.64. The van der Waals surface area contributed by atoms with Crippen molar-refractivity contribution in [1.29, 1.82) is 0 Å². The molecule has 4 aromatic rings. The van der Waals surface area contributed by atoms with E-state index in [-0.39, 0.29) is 5.82 Å². The first-order valence-electron chi connectivity index (χ1n) is 12.2. The lowest BCUT2D eigenvalue weighted by molar-refractivity contribution is 0.112. The van der Waals surface area contributed by atoms with Crippen LogP contribution < -0.4 is 10.2 Å². The first-order chi connectivity index (χ1) is 16.9. The summed E-state index contributed by atoms with van der Waals surface area (Å²) in [6.07, 6.45) is 10.6. The number of pyridine rings is 1. The van der Waals surface area contributed by atoms with E-state index in [1.807, 2.05) is 26.2 Å². The van der Waals surface area contributed by atoms with E-state index >= 15 is 0 Å². The maximum atomic E-state index is 13.3. The molecule has 0 amide bonds. The van der Waals surface area contributed by atoms with Gasteiger partial charge in [-0.2, -0.15) is 5.10 Å². The van der Waals surface area contributed by atoms with E-state index in [1.54, 1.807) is 28.5 Å². The second-order valence-corrected chi connectivity index (χ2v) is 10.0. The molecule has 8 nitrogen and oxygen atoms in total. The fourth-order valence-electron chi connectivity index (χ4n) is 5.52. The molecule has 1 spiro atoms. The van der Waals surface area contributed by atoms with Gasteiger partial charge in [0.25, 0.3) is 0 Å². The SMILES string of the molecule is CNc1cc(F)c2nc(C)cn2c1.Cn1cc2c(N3CCC(N4CC45CC5)C3)ccc(C=O)c2n1. The van der Waals surface area contributed by atoms with Gasteiger partial charge in [0, 0.05) is 86.6 Å². The highest BCUT2D eigenvalue weighted by atomic mass is 19.1. The molecule has 1 aliphatic carbocycles. The van der Waals surface area contributed by atoms with Crippen molar-refractivity contribution in [2.75, 3.05) is 36.9 Å². The maximum Gasteiger partial charge on any atom is 0.173 e. The number of aldehydes is 1. The number of rotatable bonds is 4. The Kier molecular flexibility index (Phi) is 5.07. The minimum atomic E-state index is -0.306. The maximum absolute atomic E-state index is 13.3. The zero-order valence-corrected chi connectivity index (χ0v) is 20.3. The third-order valence-corrected chi connectivity index (χ3v) is 7.58. The summed E-state index contributed by atoms with van der Waals surface area (Å²) in [6, 6.07) is 6.14. The largest absolute Gasteiger partial charge is 0.387 e. The summed E-state index contributed by atoms with van der Waals surface area (Å²) < 4.78 is 16.8. The molecular formula is C26H30FN7O. The van der Waals surface area contributed by atoms with Crippen molar-refractivity contribution < 1.29 is 9.18 Å². The number of nitrogens with one attached hydrogen (secondary N) is 1. The van der Waals surface area contributed by atoms with Crippen molar-refractivity contribution >= 4 is 34.2 Å². The molecule has 0 bridgehead atoms. The normalized spacial score (nSPS) is 21.9. The minimum Gasteiger partial charge on any atom is -0.387 e. The Bertz CT molecular complexity index is 1440. The van der Waals surface area contributed by atoms with Crippen LogP contribution in [0.5, 0.6) is 0 Å². The predicted molar refractivity (Wildman–Crippen MR) is 135 cm³/mol. The third-order valence-electron chi connectivity index (χ3n) is 7.58. The van der Waals surface area contributed by atoms with Crippen LogP contribution in [0.15, 0.2) is 36.8 Å². The van der Waals surface area contributed by atoms with Crippen molar-refractivity contribution in [2.45, 2.75) is 37.8 Å². The molecule has 2 saturated heterocycles. The molecule has 1 N–H and O–H groups in total. The van der Waals surface area contributed by atoms with Crippen LogP contribution in [0.1, 0.15) is 35.3 Å². The Balaban J connectivity index is 0.000000151. The van der Waals surface area contributed by atoms with Gasteiger partial charge in [-0.3, -0.25) is 14.4 Å². The number of benzene rings is 1. The van der Waals surface area contributed by atoms with E-state index in [4.69, 9.17) is 0 Å². The Morgan fingerprint density at radius 2 is 2.06 bits per heavy atom. The fourth-order valence-corrected chi connectivity index (χ4v) is 5.52. The zero-order valence-electron chi connectivity index (χ0n) is 20.3. The highest BCUT2D eigenvalue weighted by molar-refractivity contribution is 6.01. The van der Waals surface area contributed by atoms with Crippen LogP contribution in [0, 0.1) is 12.7 Å². The molecule has 3 aliphatic rings. The molecule has 3 aromatic heterocycles. The summed E-state index contributed by atoms with van der Waals surface area (Å²) in [7, 11) is 3.67. The van der Waals surface area contributed by atoms with Crippen molar-refractivity contribution in [2.24, 2.45) is 7.05 Å². The van der Waals surface area contributed by atoms with Gasteiger partial charge in [0.05, 0.1) is 11.4 Å². The van der Waals surface area contributed by atoms with Gasteiger partial charge in [-0.25, -0.2) is 9.37 Å². The van der Waals surface area contributed by atoms with Gasteiger partial charge >= 0.3 is 0 Å². The van der Waals surface area contributed by atoms with Crippen LogP contribution in [0.4, 0.5) is 15.8 Å². The molecule has 7 rings (SSSR count). The second kappa shape index (κ2) is 8.05. The van der Waals surface area contributed by atoms with Crippen LogP contribution >= 0.6 is 0 Å². The Hall–Kier alpha value is -3.46. The highest BCUT2D eigenvalue weighted by Gasteiger charge is 2.63. The standard InChI is InChI=1S/C17H20N4O.C9H10FN3/c1-19-9-14-15(3-2-12(10-22)16(14)18-19)20-7-4-13(8-20)21-11-17(21)5-6-17;1-6-4-13-5-7(11-2)3-8(10)9(13)12-6/h2-3,9-10,13H,4-8,11H2,1H3;3-5,11H,1-2H3. The number of fused-ring (bicyclic) bond motifs is 2. The lowest BCUT2D eigenvalue weighted by atomic mass is 10.1. The van der Waals surface area contributed by atoms with Crippen LogP contribution in [-0.4, -0.2) is 68.6 Å². The number of hydrogen-bond acceptors (Lipinski definition) is 6. The average Bonchev–Trinajstić information content (AvgIpc) is 3.54. The van der Waals surface area contributed by atoms with Crippen molar-refractivity contribution in [3.8, 4) is 0 Å². The van der Waals surface area contributed by atoms with Gasteiger partial charge in [0.2, 0.25) is 0 Å². The first kappa shape index (κ1) is 22.0. The Morgan fingerprint density at radius 3 is 2.77 bits per heavy atom. The molecule has 2 unspecified atom stereocenters. The molecule has 9 heteroatoms. The van der Waals surface area contributed by atoms with Gasteiger partial charge in [-0.15, -0.1) is 0 Å². The summed E-state index contributed by atoms with van der Waals surface area (Å²) in [6.45, 7) is 5.36. The summed E-state index contributed by atoms with van der Waals surface area (Å²) in [5.41, 5.74) is 5.28. The Labute approximate surface area is 203 Å². The van der Waals surface area contributed by atoms with E-state index in [9.17, 15) is 9.18 Å². The van der Waals surface area contributed by atoms with E-state index in [1.165, 1.54) is 37.6 Å². The van der Waals surface area contributed by atoms with Crippen LogP contribution in [-0.2, 0) is 7.05 Å². The third kappa shape index (κ3) is 3.83. The van der Waals surface area contributed by atoms with E-state index in [0.717, 1.165) is 41.7 Å². The van der Waals surface area contributed by atoms with Gasteiger partial charge in [-0.1, -0.05) is 0 Å². The van der Waals surface area contributed by atoms with E-state index in [2.05, 4.69) is 31.3 Å². The van der Waals surface area contributed by atoms with Crippen LogP contribution in [0.3, 0.4) is 0 Å². The average molecular weight is 476 g/mol. The van der Waals surface area contributed by atoms with E-state index in [0.29, 0.717) is 22.8 Å². The molecule has 1 saturated carbocycles. The monoisotopic (exact) mass is 475 g/mol. The second-order valence-electron chi connectivity index (χ2n) is 10.0. The molecule has 182 valence electrons. The van der Waals surface area contributed by atoms with Gasteiger partial charge in [0.1, 0.15) is 5.52 Å². The number of halogens is 1. The Morgan fingerprint density at radius 1 is 1.23 bits per heavy atom. The summed E-state index contributed by atoms with van der Waals surface area (Å²) in [5.74, 6) is -0.306. The van der Waals surface area contributed by atoms with Gasteiger partial charge in [-0.05, 0) is 38.3 Å². The number of carbonyl (C=O) groups is 1. The van der Waals surface area contributed by atoms with E-state index < -0.39 is 0 Å². The van der Waals surface area contributed by atoms with Crippen LogP contribution in [0.2, 0.25) is 0 Å². The quantitative estimate of drug-likeness (QED) is 0.359. The molecule has 5 heterocycles. The number of aryl methyl sites for hydroxylation is 2. The molecule has 2 atom stereocenters. The molecule has 1 aromatic carbocycles. The fraction of sp³-hybridized carbons (Fsp3) is 0.423. The van der Waals surface area contributed by atoms with Crippen LogP contribution in [0.25, 0.3) is 16.6 Å². The number of carbonyl (C=O) groups excluding carboxylic acids is 1. The first-order valence-corrected chi connectivity index (χ1v) is 12.2. The lowest BCUT2D eigenvalue weighted by Crippen LogP contribution is -2.27. The number of hydrogen-bond donors (Lipinski definition) is 1. The molecule has 0 radical (unpaired) electrons. The highest BCUT2D eigenvalue weighted by Crippen LogP contribution is 2.56. The molecule has 3 fully saturated rings. The molecule has 35 heavy (non-hydrogen) atoms. The van der Waals surface area contributed by atoms with Gasteiger partial charge in [0.15, 0.2) is 17.8 Å². The smallest absolute Gasteiger partial charge is 0.173 e. The summed E-state index contributed by atoms with van der Waals surface area (Å²) in [5, 5.41) is 8.44. The summed E-state index contributed by atoms with van der Waals surface area (Å²) in [4.78, 5) is 20.4. The minimum absolute atomic E-state index is 0.306. The molecule has 2 aliphatic heterocycles. The zero-order chi connectivity index (χ0) is 24.3.